The molecule has 3 aromatic rings. The largest absolute Gasteiger partial charge is 0.330 e. The van der Waals surface area contributed by atoms with Crippen molar-refractivity contribution < 1.29 is 4.79 Å². The van der Waals surface area contributed by atoms with Gasteiger partial charge in [0.2, 0.25) is 0 Å². The monoisotopic (exact) mass is 345 g/mol. The number of para-hydroxylation sites is 1. The highest BCUT2D eigenvalue weighted by Crippen LogP contribution is 2.26. The van der Waals surface area contributed by atoms with E-state index in [9.17, 15) is 4.79 Å². The van der Waals surface area contributed by atoms with Crippen LogP contribution in [0.25, 0.3) is 10.9 Å². The second kappa shape index (κ2) is 7.65. The van der Waals surface area contributed by atoms with Crippen molar-refractivity contribution >= 4 is 16.8 Å². The van der Waals surface area contributed by atoms with Gasteiger partial charge in [-0.15, -0.1) is 0 Å². The SMILES string of the molecule is O=C(c1cnc2ccccc2c1)N(Cc1ccccn1)C1CCCCC1. The number of nitrogens with zero attached hydrogens (tertiary/aromatic N) is 3. The van der Waals surface area contributed by atoms with E-state index in [1.54, 1.807) is 12.4 Å². The first-order valence-corrected chi connectivity index (χ1v) is 9.37. The van der Waals surface area contributed by atoms with Crippen molar-refractivity contribution in [3.8, 4) is 0 Å². The van der Waals surface area contributed by atoms with Crippen LogP contribution in [0.15, 0.2) is 60.9 Å². The summed E-state index contributed by atoms with van der Waals surface area (Å²) in [4.78, 5) is 24.3. The van der Waals surface area contributed by atoms with Crippen LogP contribution in [0.4, 0.5) is 0 Å². The van der Waals surface area contributed by atoms with E-state index in [-0.39, 0.29) is 11.9 Å². The smallest absolute Gasteiger partial charge is 0.256 e. The highest BCUT2D eigenvalue weighted by atomic mass is 16.2. The van der Waals surface area contributed by atoms with Gasteiger partial charge in [0.15, 0.2) is 0 Å². The Hall–Kier alpha value is -2.75. The maximum atomic E-state index is 13.4. The summed E-state index contributed by atoms with van der Waals surface area (Å²) >= 11 is 0. The summed E-state index contributed by atoms with van der Waals surface area (Å²) in [6, 6.07) is 16.0. The molecule has 0 unspecified atom stereocenters. The van der Waals surface area contributed by atoms with Crippen molar-refractivity contribution in [2.45, 2.75) is 44.7 Å². The fourth-order valence-corrected chi connectivity index (χ4v) is 3.78. The molecule has 2 aromatic heterocycles. The first kappa shape index (κ1) is 16.7. The molecule has 1 aliphatic rings. The van der Waals surface area contributed by atoms with Crippen LogP contribution in [0.1, 0.15) is 48.2 Å². The molecule has 0 spiro atoms. The number of carbonyl (C=O) groups is 1. The second-order valence-electron chi connectivity index (χ2n) is 6.96. The number of amides is 1. The van der Waals surface area contributed by atoms with Gasteiger partial charge >= 0.3 is 0 Å². The van der Waals surface area contributed by atoms with Gasteiger partial charge < -0.3 is 4.90 Å². The van der Waals surface area contributed by atoms with Gasteiger partial charge in [-0.25, -0.2) is 0 Å². The van der Waals surface area contributed by atoms with Crippen LogP contribution < -0.4 is 0 Å². The van der Waals surface area contributed by atoms with Crippen LogP contribution in [0.5, 0.6) is 0 Å². The summed E-state index contributed by atoms with van der Waals surface area (Å²) in [6.45, 7) is 0.553. The molecule has 4 heteroatoms. The Labute approximate surface area is 153 Å². The molecule has 1 saturated carbocycles. The van der Waals surface area contributed by atoms with Gasteiger partial charge in [-0.05, 0) is 37.1 Å². The molecule has 4 nitrogen and oxygen atoms in total. The van der Waals surface area contributed by atoms with Gasteiger partial charge in [0.1, 0.15) is 0 Å². The molecule has 1 aromatic carbocycles. The van der Waals surface area contributed by atoms with Crippen LogP contribution in [0.2, 0.25) is 0 Å². The summed E-state index contributed by atoms with van der Waals surface area (Å²) in [5.74, 6) is 0.0563. The lowest BCUT2D eigenvalue weighted by molar-refractivity contribution is 0.0611. The maximum absolute atomic E-state index is 13.4. The van der Waals surface area contributed by atoms with Crippen molar-refractivity contribution in [3.63, 3.8) is 0 Å². The highest BCUT2D eigenvalue weighted by Gasteiger charge is 2.27. The van der Waals surface area contributed by atoms with E-state index in [1.165, 1.54) is 19.3 Å². The van der Waals surface area contributed by atoms with Crippen LogP contribution in [-0.2, 0) is 6.54 Å². The van der Waals surface area contributed by atoms with Gasteiger partial charge in [0, 0.05) is 23.8 Å². The number of benzene rings is 1. The van der Waals surface area contributed by atoms with Crippen LogP contribution in [0, 0.1) is 0 Å². The van der Waals surface area contributed by atoms with Gasteiger partial charge in [-0.3, -0.25) is 14.8 Å². The molecular weight excluding hydrogens is 322 g/mol. The molecule has 0 aliphatic heterocycles. The molecular formula is C22H23N3O. The quantitative estimate of drug-likeness (QED) is 0.694. The van der Waals surface area contributed by atoms with Gasteiger partial charge in [-0.1, -0.05) is 43.5 Å². The fraction of sp³-hybridized carbons (Fsp3) is 0.318. The van der Waals surface area contributed by atoms with Crippen molar-refractivity contribution in [2.24, 2.45) is 0 Å². The molecule has 0 N–H and O–H groups in total. The number of pyridine rings is 2. The van der Waals surface area contributed by atoms with E-state index in [0.717, 1.165) is 29.4 Å². The average Bonchev–Trinajstić information content (AvgIpc) is 2.72. The van der Waals surface area contributed by atoms with Crippen LogP contribution >= 0.6 is 0 Å². The molecule has 0 radical (unpaired) electrons. The molecule has 1 amide bonds. The number of rotatable bonds is 4. The lowest BCUT2D eigenvalue weighted by Gasteiger charge is -2.34. The van der Waals surface area contributed by atoms with E-state index in [4.69, 9.17) is 0 Å². The summed E-state index contributed by atoms with van der Waals surface area (Å²) in [5, 5.41) is 1.000. The summed E-state index contributed by atoms with van der Waals surface area (Å²) < 4.78 is 0. The Morgan fingerprint density at radius 1 is 1.00 bits per heavy atom. The van der Waals surface area contributed by atoms with Crippen molar-refractivity contribution in [1.82, 2.24) is 14.9 Å². The minimum Gasteiger partial charge on any atom is -0.330 e. The minimum absolute atomic E-state index is 0.0563. The van der Waals surface area contributed by atoms with E-state index in [1.807, 2.05) is 53.4 Å². The Morgan fingerprint density at radius 3 is 2.62 bits per heavy atom. The van der Waals surface area contributed by atoms with Crippen molar-refractivity contribution in [3.05, 3.63) is 72.2 Å². The molecule has 0 atom stereocenters. The number of hydrogen-bond acceptors (Lipinski definition) is 3. The lowest BCUT2D eigenvalue weighted by Crippen LogP contribution is -2.41. The predicted octanol–water partition coefficient (Wildman–Crippen LogP) is 4.60. The highest BCUT2D eigenvalue weighted by molar-refractivity contribution is 5.97. The topological polar surface area (TPSA) is 46.1 Å². The lowest BCUT2D eigenvalue weighted by atomic mass is 9.93. The Balaban J connectivity index is 1.65. The van der Waals surface area contributed by atoms with Crippen LogP contribution in [-0.4, -0.2) is 26.8 Å². The number of aromatic nitrogens is 2. The normalized spacial score (nSPS) is 15.1. The van der Waals surface area contributed by atoms with E-state index in [0.29, 0.717) is 12.1 Å². The summed E-state index contributed by atoms with van der Waals surface area (Å²) in [5.41, 5.74) is 2.50. The van der Waals surface area contributed by atoms with E-state index < -0.39 is 0 Å². The fourth-order valence-electron chi connectivity index (χ4n) is 3.78. The number of hydrogen-bond donors (Lipinski definition) is 0. The molecule has 0 bridgehead atoms. The second-order valence-corrected chi connectivity index (χ2v) is 6.96. The van der Waals surface area contributed by atoms with Gasteiger partial charge in [0.05, 0.1) is 23.3 Å². The first-order chi connectivity index (χ1) is 12.8. The third-order valence-electron chi connectivity index (χ3n) is 5.17. The van der Waals surface area contributed by atoms with Crippen molar-refractivity contribution in [2.75, 3.05) is 0 Å². The molecule has 26 heavy (non-hydrogen) atoms. The third kappa shape index (κ3) is 3.59. The molecule has 132 valence electrons. The van der Waals surface area contributed by atoms with E-state index in [2.05, 4.69) is 9.97 Å². The predicted molar refractivity (Wildman–Crippen MR) is 103 cm³/mol. The molecule has 2 heterocycles. The Bertz CT molecular complexity index is 888. The third-order valence-corrected chi connectivity index (χ3v) is 5.17. The zero-order chi connectivity index (χ0) is 17.8. The molecule has 1 aliphatic carbocycles. The van der Waals surface area contributed by atoms with E-state index >= 15 is 0 Å². The minimum atomic E-state index is 0.0563. The van der Waals surface area contributed by atoms with Crippen LogP contribution in [0.3, 0.4) is 0 Å². The Kier molecular flexibility index (Phi) is 4.91. The van der Waals surface area contributed by atoms with Crippen molar-refractivity contribution in [1.29, 1.82) is 0 Å². The Morgan fingerprint density at radius 2 is 1.81 bits per heavy atom. The standard InChI is InChI=1S/C22H23N3O/c26-22(18-14-17-8-4-5-12-21(17)24-15-18)25(20-10-2-1-3-11-20)16-19-9-6-7-13-23-19/h4-9,12-15,20H,1-3,10-11,16H2. The van der Waals surface area contributed by atoms with Gasteiger partial charge in [0.25, 0.3) is 5.91 Å². The number of fused-ring (bicyclic) bond motifs is 1. The first-order valence-electron chi connectivity index (χ1n) is 9.37. The summed E-state index contributed by atoms with van der Waals surface area (Å²) in [6.07, 6.45) is 9.27. The molecule has 0 saturated heterocycles. The summed E-state index contributed by atoms with van der Waals surface area (Å²) in [7, 11) is 0. The maximum Gasteiger partial charge on any atom is 0.256 e. The number of carbonyl (C=O) groups excluding carboxylic acids is 1. The zero-order valence-electron chi connectivity index (χ0n) is 14.8. The molecule has 1 fully saturated rings. The average molecular weight is 345 g/mol. The van der Waals surface area contributed by atoms with Gasteiger partial charge in [-0.2, -0.15) is 0 Å². The molecule has 4 rings (SSSR count). The zero-order valence-corrected chi connectivity index (χ0v) is 14.8.